The molecule has 4 aromatic rings. The summed E-state index contributed by atoms with van der Waals surface area (Å²) in [5, 5.41) is 13.0. The smallest absolute Gasteiger partial charge is 0.410 e. The molecule has 1 N–H and O–H groups in total. The number of carbonyl (C=O) groups is 1. The number of aryl methyl sites for hydroxylation is 1. The predicted octanol–water partition coefficient (Wildman–Crippen LogP) is 6.38. The summed E-state index contributed by atoms with van der Waals surface area (Å²) in [6.07, 6.45) is 5.15. The summed E-state index contributed by atoms with van der Waals surface area (Å²) in [4.78, 5) is 24.1. The van der Waals surface area contributed by atoms with E-state index in [4.69, 9.17) is 16.3 Å². The number of amides is 1. The number of halogens is 2. The van der Waals surface area contributed by atoms with E-state index >= 15 is 0 Å². The van der Waals surface area contributed by atoms with Crippen LogP contribution in [-0.4, -0.2) is 88.8 Å². The molecule has 44 heavy (non-hydrogen) atoms. The van der Waals surface area contributed by atoms with E-state index in [1.54, 1.807) is 29.3 Å². The van der Waals surface area contributed by atoms with E-state index in [0.717, 1.165) is 36.6 Å². The highest BCUT2D eigenvalue weighted by Crippen LogP contribution is 2.32. The first-order valence-electron chi connectivity index (χ1n) is 15.2. The fraction of sp³-hybridized carbons (Fsp3) is 0.394. The van der Waals surface area contributed by atoms with Crippen LogP contribution in [-0.2, 0) is 0 Å². The molecule has 2 aliphatic rings. The number of piperazine rings is 1. The zero-order valence-electron chi connectivity index (χ0n) is 25.1. The Kier molecular flexibility index (Phi) is 9.20. The highest BCUT2D eigenvalue weighted by atomic mass is 35.5. The Balaban J connectivity index is 1.08. The van der Waals surface area contributed by atoms with Crippen LogP contribution in [0.5, 0.6) is 5.75 Å². The van der Waals surface area contributed by atoms with Crippen LogP contribution in [0, 0.1) is 18.7 Å². The molecule has 0 spiro atoms. The molecule has 2 fully saturated rings. The lowest BCUT2D eigenvalue weighted by atomic mass is 9.93. The zero-order valence-corrected chi connectivity index (χ0v) is 25.9. The average molecular weight is 618 g/mol. The Morgan fingerprint density at radius 2 is 1.80 bits per heavy atom. The highest BCUT2D eigenvalue weighted by Gasteiger charge is 2.24. The molecule has 0 radical (unpaired) electrons. The van der Waals surface area contributed by atoms with Crippen molar-refractivity contribution in [3.63, 3.8) is 0 Å². The number of benzene rings is 2. The van der Waals surface area contributed by atoms with Gasteiger partial charge in [-0.3, -0.25) is 9.88 Å². The molecule has 2 aromatic heterocycles. The van der Waals surface area contributed by atoms with E-state index in [0.29, 0.717) is 46.5 Å². The number of anilines is 2. The monoisotopic (exact) mass is 617 g/mol. The third-order valence-corrected chi connectivity index (χ3v) is 8.93. The Morgan fingerprint density at radius 3 is 2.59 bits per heavy atom. The van der Waals surface area contributed by atoms with Crippen LogP contribution in [0.1, 0.15) is 25.0 Å². The lowest BCUT2D eigenvalue weighted by molar-refractivity contribution is 0.104. The Morgan fingerprint density at radius 1 is 1.00 bits per heavy atom. The molecule has 0 aliphatic carbocycles. The van der Waals surface area contributed by atoms with Gasteiger partial charge in [-0.2, -0.15) is 10.2 Å². The minimum atomic E-state index is -0.431. The Hall–Kier alpha value is -3.86. The molecule has 6 rings (SSSR count). The van der Waals surface area contributed by atoms with Crippen LogP contribution in [0.2, 0.25) is 5.02 Å². The number of ether oxygens (including phenoxy) is 1. The molecule has 4 heterocycles. The largest absolute Gasteiger partial charge is 0.415 e. The van der Waals surface area contributed by atoms with Gasteiger partial charge in [0.05, 0.1) is 22.6 Å². The molecule has 2 aromatic carbocycles. The third kappa shape index (κ3) is 7.09. The van der Waals surface area contributed by atoms with Gasteiger partial charge >= 0.3 is 6.09 Å². The van der Waals surface area contributed by atoms with Crippen LogP contribution in [0.25, 0.3) is 22.2 Å². The lowest BCUT2D eigenvalue weighted by Crippen LogP contribution is -2.50. The van der Waals surface area contributed by atoms with Gasteiger partial charge in [0.1, 0.15) is 11.6 Å². The van der Waals surface area contributed by atoms with Gasteiger partial charge in [0.2, 0.25) is 0 Å². The minimum absolute atomic E-state index is 0.271. The number of piperidine rings is 1. The SMILES string of the molecule is Cc1nnc(-c2cc(Cl)ccc2F)cc1Nc1ccnc2cc(OC(=O)N3CCN(CCC4CCN(C)CC4)CC3)ccc12. The summed E-state index contributed by atoms with van der Waals surface area (Å²) in [7, 11) is 2.20. The molecular weight excluding hydrogens is 581 g/mol. The second-order valence-corrected chi connectivity index (χ2v) is 12.2. The van der Waals surface area contributed by atoms with Crippen molar-refractivity contribution < 1.29 is 13.9 Å². The molecule has 1 amide bonds. The molecule has 11 heteroatoms. The maximum atomic E-state index is 14.5. The number of hydrogen-bond acceptors (Lipinski definition) is 8. The van der Waals surface area contributed by atoms with Crippen LogP contribution in [0.3, 0.4) is 0 Å². The summed E-state index contributed by atoms with van der Waals surface area (Å²) in [6.45, 7) is 8.36. The third-order valence-electron chi connectivity index (χ3n) is 8.69. The summed E-state index contributed by atoms with van der Waals surface area (Å²) >= 11 is 6.09. The topological polar surface area (TPSA) is 86.7 Å². The van der Waals surface area contributed by atoms with E-state index < -0.39 is 5.82 Å². The van der Waals surface area contributed by atoms with Crippen LogP contribution >= 0.6 is 11.6 Å². The first kappa shape index (κ1) is 30.2. The Labute approximate surface area is 262 Å². The fourth-order valence-corrected chi connectivity index (χ4v) is 6.06. The number of hydrogen-bond donors (Lipinski definition) is 1. The number of aromatic nitrogens is 3. The number of carbonyl (C=O) groups excluding carboxylic acids is 1. The molecule has 0 atom stereocenters. The quantitative estimate of drug-likeness (QED) is 0.256. The number of nitrogens with zero attached hydrogens (tertiary/aromatic N) is 6. The summed E-state index contributed by atoms with van der Waals surface area (Å²) < 4.78 is 20.3. The van der Waals surface area contributed by atoms with Gasteiger partial charge in [-0.25, -0.2) is 9.18 Å². The number of nitrogens with one attached hydrogen (secondary N) is 1. The molecule has 9 nitrogen and oxygen atoms in total. The van der Waals surface area contributed by atoms with Gasteiger partial charge in [-0.05, 0) is 101 Å². The molecule has 2 aliphatic heterocycles. The van der Waals surface area contributed by atoms with Crippen molar-refractivity contribution in [1.82, 2.24) is 29.9 Å². The normalized spacial score (nSPS) is 16.8. The van der Waals surface area contributed by atoms with Crippen LogP contribution < -0.4 is 10.1 Å². The van der Waals surface area contributed by atoms with E-state index in [1.165, 1.54) is 50.6 Å². The van der Waals surface area contributed by atoms with Crippen molar-refractivity contribution in [1.29, 1.82) is 0 Å². The summed E-state index contributed by atoms with van der Waals surface area (Å²) in [6, 6.07) is 13.3. The van der Waals surface area contributed by atoms with Gasteiger partial charge in [-0.15, -0.1) is 0 Å². The Bertz CT molecular complexity index is 1640. The van der Waals surface area contributed by atoms with E-state index in [-0.39, 0.29) is 11.7 Å². The van der Waals surface area contributed by atoms with Gasteiger partial charge in [0.25, 0.3) is 0 Å². The molecular formula is C33H37ClFN7O2. The van der Waals surface area contributed by atoms with Gasteiger partial charge in [-0.1, -0.05) is 11.6 Å². The van der Waals surface area contributed by atoms with Crippen molar-refractivity contribution >= 4 is 40.0 Å². The average Bonchev–Trinajstić information content (AvgIpc) is 3.03. The molecule has 0 unspecified atom stereocenters. The van der Waals surface area contributed by atoms with Crippen LogP contribution in [0.15, 0.2) is 54.7 Å². The second-order valence-electron chi connectivity index (χ2n) is 11.7. The number of fused-ring (bicyclic) bond motifs is 1. The number of pyridine rings is 1. The fourth-order valence-electron chi connectivity index (χ4n) is 5.89. The van der Waals surface area contributed by atoms with Crippen molar-refractivity contribution in [3.8, 4) is 17.0 Å². The van der Waals surface area contributed by atoms with E-state index in [2.05, 4.69) is 37.3 Å². The molecule has 2 saturated heterocycles. The first-order valence-corrected chi connectivity index (χ1v) is 15.5. The predicted molar refractivity (Wildman–Crippen MR) is 171 cm³/mol. The van der Waals surface area contributed by atoms with E-state index in [1.807, 2.05) is 19.1 Å². The van der Waals surface area contributed by atoms with Crippen molar-refractivity contribution in [2.24, 2.45) is 5.92 Å². The van der Waals surface area contributed by atoms with Crippen molar-refractivity contribution in [2.45, 2.75) is 26.2 Å². The standard InChI is InChI=1S/C33H37ClFN7O2/c1-22-30(21-32(39-38-22)27-19-24(34)3-6-28(27)35)37-29-7-11-36-31-20-25(4-5-26(29)31)44-33(43)42-17-15-41(16-18-42)14-10-23-8-12-40(2)13-9-23/h3-7,11,19-21,23H,8-10,12-18H2,1-2H3,(H,36,37,39). The van der Waals surface area contributed by atoms with Crippen LogP contribution in [0.4, 0.5) is 20.6 Å². The second kappa shape index (κ2) is 13.4. The lowest BCUT2D eigenvalue weighted by Gasteiger charge is -2.35. The maximum Gasteiger partial charge on any atom is 0.415 e. The van der Waals surface area contributed by atoms with Gasteiger partial charge in [0.15, 0.2) is 0 Å². The van der Waals surface area contributed by atoms with Crippen molar-refractivity contribution in [2.75, 3.05) is 58.2 Å². The van der Waals surface area contributed by atoms with Gasteiger partial charge < -0.3 is 19.9 Å². The van der Waals surface area contributed by atoms with Crippen molar-refractivity contribution in [3.05, 3.63) is 71.3 Å². The molecule has 0 saturated carbocycles. The minimum Gasteiger partial charge on any atom is -0.410 e. The molecule has 230 valence electrons. The number of likely N-dealkylation sites (tertiary alicyclic amines) is 1. The summed E-state index contributed by atoms with van der Waals surface area (Å²) in [5.41, 5.74) is 3.39. The first-order chi connectivity index (χ1) is 21.3. The van der Waals surface area contributed by atoms with E-state index in [9.17, 15) is 9.18 Å². The zero-order chi connectivity index (χ0) is 30.6. The molecule has 0 bridgehead atoms. The van der Waals surface area contributed by atoms with Gasteiger partial charge in [0, 0.05) is 60.1 Å². The maximum absolute atomic E-state index is 14.5. The summed E-state index contributed by atoms with van der Waals surface area (Å²) in [5.74, 6) is 0.824. The highest BCUT2D eigenvalue weighted by molar-refractivity contribution is 6.30. The number of rotatable bonds is 7.